The van der Waals surface area contributed by atoms with Crippen LogP contribution in [0.5, 0.6) is 0 Å². The van der Waals surface area contributed by atoms with E-state index in [4.69, 9.17) is 10.8 Å². The van der Waals surface area contributed by atoms with Gasteiger partial charge < -0.3 is 10.8 Å². The molecule has 1 rings (SSSR count). The fourth-order valence-corrected chi connectivity index (χ4v) is 1.86. The van der Waals surface area contributed by atoms with Crippen molar-refractivity contribution in [1.29, 1.82) is 0 Å². The maximum Gasteiger partial charge on any atom is 0.0431 e. The monoisotopic (exact) mass is 200 g/mol. The lowest BCUT2D eigenvalue weighted by Crippen LogP contribution is -2.32. The van der Waals surface area contributed by atoms with Gasteiger partial charge in [-0.1, -0.05) is 12.8 Å². The first kappa shape index (κ1) is 12.0. The third kappa shape index (κ3) is 4.94. The Morgan fingerprint density at radius 1 is 1.07 bits per heavy atom. The summed E-state index contributed by atoms with van der Waals surface area (Å²) in [7, 11) is 0. The highest BCUT2D eigenvalue weighted by molar-refractivity contribution is 4.84. The summed E-state index contributed by atoms with van der Waals surface area (Å²) in [5.41, 5.74) is 5.57. The number of rotatable bonds is 9. The topological polar surface area (TPSA) is 49.5 Å². The van der Waals surface area contributed by atoms with E-state index in [1.807, 2.05) is 0 Å². The number of hydrogen-bond donors (Lipinski definition) is 2. The highest BCUT2D eigenvalue weighted by Crippen LogP contribution is 2.26. The van der Waals surface area contributed by atoms with Crippen molar-refractivity contribution in [1.82, 2.24) is 4.90 Å². The van der Waals surface area contributed by atoms with Crippen LogP contribution >= 0.6 is 0 Å². The normalized spacial score (nSPS) is 16.5. The van der Waals surface area contributed by atoms with Gasteiger partial charge in [0.1, 0.15) is 0 Å². The van der Waals surface area contributed by atoms with Gasteiger partial charge in [-0.15, -0.1) is 0 Å². The Kier molecular flexibility index (Phi) is 6.15. The van der Waals surface area contributed by atoms with Crippen LogP contribution in [0.2, 0.25) is 0 Å². The average molecular weight is 200 g/mol. The van der Waals surface area contributed by atoms with E-state index >= 15 is 0 Å². The molecule has 1 aliphatic rings. The number of nitrogens with zero attached hydrogens (tertiary/aromatic N) is 1. The molecule has 0 aliphatic heterocycles. The molecule has 1 fully saturated rings. The SMILES string of the molecule is NCCN(CCCCCCO)C1CC1. The van der Waals surface area contributed by atoms with Crippen molar-refractivity contribution in [3.05, 3.63) is 0 Å². The van der Waals surface area contributed by atoms with Gasteiger partial charge >= 0.3 is 0 Å². The van der Waals surface area contributed by atoms with Gasteiger partial charge in [-0.25, -0.2) is 0 Å². The molecular weight excluding hydrogens is 176 g/mol. The first-order valence-electron chi connectivity index (χ1n) is 5.93. The lowest BCUT2D eigenvalue weighted by atomic mass is 10.2. The van der Waals surface area contributed by atoms with Gasteiger partial charge in [0, 0.05) is 25.7 Å². The molecule has 1 saturated carbocycles. The zero-order chi connectivity index (χ0) is 10.2. The molecule has 14 heavy (non-hydrogen) atoms. The minimum atomic E-state index is 0.342. The molecule has 0 amide bonds. The Bertz CT molecular complexity index is 137. The molecule has 0 aromatic rings. The maximum atomic E-state index is 8.63. The van der Waals surface area contributed by atoms with Crippen molar-refractivity contribution >= 4 is 0 Å². The van der Waals surface area contributed by atoms with Crippen molar-refractivity contribution in [3.8, 4) is 0 Å². The first-order valence-corrected chi connectivity index (χ1v) is 5.93. The molecule has 3 heteroatoms. The van der Waals surface area contributed by atoms with Crippen LogP contribution in [-0.2, 0) is 0 Å². The van der Waals surface area contributed by atoms with E-state index in [1.54, 1.807) is 0 Å². The molecule has 1 aliphatic carbocycles. The zero-order valence-corrected chi connectivity index (χ0v) is 9.12. The molecule has 0 aromatic heterocycles. The Morgan fingerprint density at radius 2 is 1.79 bits per heavy atom. The number of aliphatic hydroxyl groups is 1. The summed E-state index contributed by atoms with van der Waals surface area (Å²) in [5.74, 6) is 0. The molecule has 3 nitrogen and oxygen atoms in total. The Balaban J connectivity index is 1.96. The van der Waals surface area contributed by atoms with Crippen molar-refractivity contribution in [3.63, 3.8) is 0 Å². The highest BCUT2D eigenvalue weighted by Gasteiger charge is 2.27. The molecule has 0 unspecified atom stereocenters. The van der Waals surface area contributed by atoms with Crippen LogP contribution in [0.3, 0.4) is 0 Å². The smallest absolute Gasteiger partial charge is 0.0431 e. The summed E-state index contributed by atoms with van der Waals surface area (Å²) in [6.45, 7) is 3.39. The van der Waals surface area contributed by atoms with E-state index in [0.717, 1.165) is 32.0 Å². The van der Waals surface area contributed by atoms with E-state index < -0.39 is 0 Å². The average Bonchev–Trinajstić information content (AvgIpc) is 2.99. The van der Waals surface area contributed by atoms with Gasteiger partial charge in [-0.05, 0) is 32.2 Å². The summed E-state index contributed by atoms with van der Waals surface area (Å²) in [5, 5.41) is 8.63. The third-order valence-electron chi connectivity index (χ3n) is 2.83. The summed E-state index contributed by atoms with van der Waals surface area (Å²) in [6.07, 6.45) is 7.37. The largest absolute Gasteiger partial charge is 0.396 e. The lowest BCUT2D eigenvalue weighted by Gasteiger charge is -2.20. The third-order valence-corrected chi connectivity index (χ3v) is 2.83. The number of unbranched alkanes of at least 4 members (excludes halogenated alkanes) is 3. The number of nitrogens with two attached hydrogens (primary N) is 1. The second kappa shape index (κ2) is 7.21. The molecule has 0 saturated heterocycles. The van der Waals surface area contributed by atoms with Crippen LogP contribution in [0.4, 0.5) is 0 Å². The van der Waals surface area contributed by atoms with Gasteiger partial charge in [0.25, 0.3) is 0 Å². The van der Waals surface area contributed by atoms with Crippen molar-refractivity contribution in [2.24, 2.45) is 5.73 Å². The van der Waals surface area contributed by atoms with Gasteiger partial charge in [0.2, 0.25) is 0 Å². The fraction of sp³-hybridized carbons (Fsp3) is 1.00. The Morgan fingerprint density at radius 3 is 2.36 bits per heavy atom. The molecule has 0 aromatic carbocycles. The van der Waals surface area contributed by atoms with E-state index in [0.29, 0.717) is 6.61 Å². The second-order valence-corrected chi connectivity index (χ2v) is 4.19. The molecule has 0 heterocycles. The van der Waals surface area contributed by atoms with Crippen LogP contribution < -0.4 is 5.73 Å². The maximum absolute atomic E-state index is 8.63. The van der Waals surface area contributed by atoms with E-state index in [2.05, 4.69) is 4.90 Å². The number of aliphatic hydroxyl groups excluding tert-OH is 1. The molecule has 0 atom stereocenters. The van der Waals surface area contributed by atoms with Crippen molar-refractivity contribution in [2.75, 3.05) is 26.2 Å². The molecule has 3 N–H and O–H groups in total. The van der Waals surface area contributed by atoms with Crippen LogP contribution in [-0.4, -0.2) is 42.3 Å². The molecular formula is C11H24N2O. The predicted octanol–water partition coefficient (Wildman–Crippen LogP) is 0.962. The van der Waals surface area contributed by atoms with E-state index in [9.17, 15) is 0 Å². The van der Waals surface area contributed by atoms with Gasteiger partial charge in [-0.2, -0.15) is 0 Å². The van der Waals surface area contributed by atoms with E-state index in [1.165, 1.54) is 32.2 Å². The van der Waals surface area contributed by atoms with Gasteiger partial charge in [-0.3, -0.25) is 4.90 Å². The van der Waals surface area contributed by atoms with Gasteiger partial charge in [0.05, 0.1) is 0 Å². The summed E-state index contributed by atoms with van der Waals surface area (Å²) in [6, 6.07) is 0.844. The minimum Gasteiger partial charge on any atom is -0.396 e. The van der Waals surface area contributed by atoms with Crippen LogP contribution in [0.25, 0.3) is 0 Å². The molecule has 0 spiro atoms. The molecule has 84 valence electrons. The quantitative estimate of drug-likeness (QED) is 0.545. The summed E-state index contributed by atoms with van der Waals surface area (Å²) >= 11 is 0. The standard InChI is InChI=1S/C11H24N2O/c12-7-9-13(11-5-6-11)8-3-1-2-4-10-14/h11,14H,1-10,12H2. The fourth-order valence-electron chi connectivity index (χ4n) is 1.86. The van der Waals surface area contributed by atoms with E-state index in [-0.39, 0.29) is 0 Å². The minimum absolute atomic E-state index is 0.342. The molecule has 0 radical (unpaired) electrons. The highest BCUT2D eigenvalue weighted by atomic mass is 16.2. The Labute approximate surface area is 87.3 Å². The lowest BCUT2D eigenvalue weighted by molar-refractivity contribution is 0.257. The number of hydrogen-bond acceptors (Lipinski definition) is 3. The first-order chi connectivity index (χ1) is 6.88. The van der Waals surface area contributed by atoms with Crippen molar-refractivity contribution in [2.45, 2.75) is 44.6 Å². The molecule has 0 bridgehead atoms. The van der Waals surface area contributed by atoms with Crippen molar-refractivity contribution < 1.29 is 5.11 Å². The summed E-state index contributed by atoms with van der Waals surface area (Å²) < 4.78 is 0. The summed E-state index contributed by atoms with van der Waals surface area (Å²) in [4.78, 5) is 2.53. The van der Waals surface area contributed by atoms with Crippen LogP contribution in [0, 0.1) is 0 Å². The second-order valence-electron chi connectivity index (χ2n) is 4.19. The van der Waals surface area contributed by atoms with Crippen LogP contribution in [0.1, 0.15) is 38.5 Å². The van der Waals surface area contributed by atoms with Gasteiger partial charge in [0.15, 0.2) is 0 Å². The predicted molar refractivity (Wildman–Crippen MR) is 59.2 cm³/mol. The van der Waals surface area contributed by atoms with Crippen LogP contribution in [0.15, 0.2) is 0 Å². The Hall–Kier alpha value is -0.120. The zero-order valence-electron chi connectivity index (χ0n) is 9.12.